The van der Waals surface area contributed by atoms with Crippen molar-refractivity contribution < 1.29 is 39.0 Å². The van der Waals surface area contributed by atoms with Gasteiger partial charge in [-0.2, -0.15) is 0 Å². The van der Waals surface area contributed by atoms with Crippen molar-refractivity contribution in [1.29, 1.82) is 0 Å². The summed E-state index contributed by atoms with van der Waals surface area (Å²) in [5.74, 6) is 0.888. The molecule has 0 N–H and O–H groups in total. The van der Waals surface area contributed by atoms with Gasteiger partial charge in [-0.15, -0.1) is 11.8 Å². The molecule has 60 valence electrons. The molecule has 1 unspecified atom stereocenters. The van der Waals surface area contributed by atoms with Crippen molar-refractivity contribution in [2.75, 3.05) is 18.6 Å². The van der Waals surface area contributed by atoms with E-state index in [0.717, 1.165) is 10.7 Å². The number of hydrogen-bond acceptors (Lipinski definition) is 3. The fourth-order valence-corrected chi connectivity index (χ4v) is 2.69. The van der Waals surface area contributed by atoms with Gasteiger partial charge in [0.25, 0.3) is 0 Å². The van der Waals surface area contributed by atoms with Crippen molar-refractivity contribution in [1.82, 2.24) is 0 Å². The van der Waals surface area contributed by atoms with Crippen molar-refractivity contribution in [2.24, 2.45) is 0 Å². The maximum absolute atomic E-state index is 10.7. The minimum absolute atomic E-state index is 0. The Balaban J connectivity index is 0. The molecule has 0 rings (SSSR count). The minimum atomic E-state index is -3.12. The van der Waals surface area contributed by atoms with E-state index >= 15 is 0 Å². The average Bonchev–Trinajstić information content (AvgIpc) is 1.59. The summed E-state index contributed by atoms with van der Waals surface area (Å²) in [5, 5.41) is 0. The Morgan fingerprint density at radius 1 is 1.73 bits per heavy atom. The van der Waals surface area contributed by atoms with Gasteiger partial charge in [0.05, 0.1) is 0 Å². The van der Waals surface area contributed by atoms with Gasteiger partial charge in [0.1, 0.15) is 0 Å². The minimum Gasteiger partial charge on any atom is -0.799 e. The van der Waals surface area contributed by atoms with E-state index < -0.39 is 7.37 Å². The quantitative estimate of drug-likeness (QED) is 0.412. The largest absolute Gasteiger partial charge is 1.00 e. The molecule has 0 saturated heterocycles. The Labute approximate surface area is 94.6 Å². The second kappa shape index (κ2) is 6.76. The van der Waals surface area contributed by atoms with Crippen LogP contribution >= 0.6 is 19.1 Å². The molecule has 1 atom stereocenters. The van der Waals surface area contributed by atoms with Crippen LogP contribution in [0.3, 0.4) is 0 Å². The van der Waals surface area contributed by atoms with E-state index in [2.05, 4.69) is 6.58 Å². The van der Waals surface area contributed by atoms with Crippen molar-refractivity contribution in [3.05, 3.63) is 11.5 Å². The zero-order chi connectivity index (χ0) is 8.20. The van der Waals surface area contributed by atoms with Gasteiger partial charge in [0.2, 0.25) is 0 Å². The van der Waals surface area contributed by atoms with Crippen LogP contribution in [0.1, 0.15) is 6.92 Å². The first-order chi connectivity index (χ1) is 4.45. The van der Waals surface area contributed by atoms with E-state index in [4.69, 9.17) is 0 Å². The Morgan fingerprint density at radius 2 is 2.18 bits per heavy atom. The molecule has 0 spiro atoms. The topological polar surface area (TPSA) is 40.1 Å². The van der Waals surface area contributed by atoms with Crippen LogP contribution in [0.5, 0.6) is 0 Å². The van der Waals surface area contributed by atoms with E-state index in [9.17, 15) is 9.46 Å². The number of allylic oxidation sites excluding steroid dienone is 1. The molecule has 0 saturated carbocycles. The van der Waals surface area contributed by atoms with Crippen LogP contribution in [0.25, 0.3) is 0 Å². The Hall–Kier alpha value is 1.28. The molecule has 5 heteroatoms. The van der Waals surface area contributed by atoms with Crippen LogP contribution in [0, 0.1) is 0 Å². The molecule has 11 heavy (non-hydrogen) atoms. The summed E-state index contributed by atoms with van der Waals surface area (Å²) < 4.78 is 10.7. The number of hydrogen-bond donors (Lipinski definition) is 0. The first-order valence-corrected chi connectivity index (χ1v) is 6.28. The summed E-state index contributed by atoms with van der Waals surface area (Å²) in [6, 6.07) is 0. The Kier molecular flexibility index (Phi) is 9.09. The first-order valence-electron chi connectivity index (χ1n) is 3.04. The third-order valence-corrected chi connectivity index (χ3v) is 2.82. The van der Waals surface area contributed by atoms with Crippen LogP contribution < -0.4 is 34.5 Å². The van der Waals surface area contributed by atoms with Gasteiger partial charge in [-0.25, -0.2) is 0 Å². The fourth-order valence-electron chi connectivity index (χ4n) is 0.570. The summed E-state index contributed by atoms with van der Waals surface area (Å²) in [4.78, 5) is 11.4. The SMILES string of the molecule is C=C(CP(C)(=O)[O-])SCC.[Na+]. The predicted molar refractivity (Wildman–Crippen MR) is 45.7 cm³/mol. The number of rotatable bonds is 4. The van der Waals surface area contributed by atoms with Crippen molar-refractivity contribution in [3.8, 4) is 0 Å². The molecule has 0 aromatic rings. The molecule has 0 aliphatic heterocycles. The Morgan fingerprint density at radius 3 is 2.45 bits per heavy atom. The molecule has 0 aromatic heterocycles. The second-order valence-electron chi connectivity index (χ2n) is 2.14. The van der Waals surface area contributed by atoms with Gasteiger partial charge < -0.3 is 9.46 Å². The molecule has 0 aromatic carbocycles. The number of thioether (sulfide) groups is 1. The van der Waals surface area contributed by atoms with Gasteiger partial charge in [0, 0.05) is 13.5 Å². The maximum Gasteiger partial charge on any atom is 1.00 e. The van der Waals surface area contributed by atoms with Crippen molar-refractivity contribution in [2.45, 2.75) is 6.92 Å². The zero-order valence-electron chi connectivity index (χ0n) is 7.29. The maximum atomic E-state index is 10.7. The van der Waals surface area contributed by atoms with Crippen LogP contribution in [-0.4, -0.2) is 18.6 Å². The predicted octanol–water partition coefficient (Wildman–Crippen LogP) is -1.47. The van der Waals surface area contributed by atoms with E-state index in [0.29, 0.717) is 0 Å². The fraction of sp³-hybridized carbons (Fsp3) is 0.667. The van der Waals surface area contributed by atoms with E-state index in [1.165, 1.54) is 18.4 Å². The van der Waals surface area contributed by atoms with Gasteiger partial charge >= 0.3 is 29.6 Å². The molecular weight excluding hydrogens is 190 g/mol. The van der Waals surface area contributed by atoms with Crippen molar-refractivity contribution in [3.63, 3.8) is 0 Å². The molecule has 0 radical (unpaired) electrons. The van der Waals surface area contributed by atoms with E-state index in [-0.39, 0.29) is 35.7 Å². The van der Waals surface area contributed by atoms with Crippen LogP contribution in [0.15, 0.2) is 11.5 Å². The first kappa shape index (κ1) is 14.8. The summed E-state index contributed by atoms with van der Waals surface area (Å²) >= 11 is 1.49. The van der Waals surface area contributed by atoms with Gasteiger partial charge in [-0.05, 0) is 17.3 Å². The van der Waals surface area contributed by atoms with E-state index in [1.54, 1.807) is 0 Å². The molecule has 0 amide bonds. The third-order valence-electron chi connectivity index (χ3n) is 0.812. The van der Waals surface area contributed by atoms with Gasteiger partial charge in [-0.1, -0.05) is 13.5 Å². The third kappa shape index (κ3) is 11.3. The zero-order valence-corrected chi connectivity index (χ0v) is 11.0. The standard InChI is InChI=1S/C6H13O2PS.Na/c1-4-10-6(2)5-9(3,7)8;/h2,4-5H2,1,3H3,(H,7,8);/q;+1/p-1. The Bertz CT molecular complexity index is 166. The van der Waals surface area contributed by atoms with E-state index in [1.807, 2.05) is 6.92 Å². The van der Waals surface area contributed by atoms with Crippen LogP contribution in [0.2, 0.25) is 0 Å². The van der Waals surface area contributed by atoms with Gasteiger partial charge in [0.15, 0.2) is 0 Å². The molecule has 0 aliphatic carbocycles. The molecule has 0 bridgehead atoms. The molecule has 0 heterocycles. The molecule has 0 aliphatic rings. The molecular formula is C6H12NaO2PS. The normalized spacial score (nSPS) is 14.8. The second-order valence-corrected chi connectivity index (χ2v) is 5.93. The van der Waals surface area contributed by atoms with Crippen LogP contribution in [-0.2, 0) is 4.57 Å². The smallest absolute Gasteiger partial charge is 0.799 e. The summed E-state index contributed by atoms with van der Waals surface area (Å²) in [6.07, 6.45) is 0.130. The summed E-state index contributed by atoms with van der Waals surface area (Å²) in [7, 11) is -3.12. The summed E-state index contributed by atoms with van der Waals surface area (Å²) in [6.45, 7) is 6.84. The van der Waals surface area contributed by atoms with Crippen molar-refractivity contribution >= 4 is 19.1 Å². The average molecular weight is 202 g/mol. The molecule has 2 nitrogen and oxygen atoms in total. The summed E-state index contributed by atoms with van der Waals surface area (Å²) in [5.41, 5.74) is 0. The monoisotopic (exact) mass is 202 g/mol. The molecule has 0 fully saturated rings. The van der Waals surface area contributed by atoms with Crippen LogP contribution in [0.4, 0.5) is 0 Å². The van der Waals surface area contributed by atoms with Gasteiger partial charge in [-0.3, -0.25) is 0 Å².